The highest BCUT2D eigenvalue weighted by atomic mass is 16.5. The van der Waals surface area contributed by atoms with E-state index in [9.17, 15) is 0 Å². The number of fused-ring (bicyclic) bond motifs is 2. The molecule has 0 radical (unpaired) electrons. The minimum absolute atomic E-state index is 0.954. The van der Waals surface area contributed by atoms with Crippen LogP contribution >= 0.6 is 0 Å². The van der Waals surface area contributed by atoms with Crippen LogP contribution < -0.4 is 4.74 Å². The van der Waals surface area contributed by atoms with Gasteiger partial charge < -0.3 is 4.74 Å². The van der Waals surface area contributed by atoms with Crippen molar-refractivity contribution >= 4 is 21.5 Å². The highest BCUT2D eigenvalue weighted by Gasteiger charge is 2.22. The van der Waals surface area contributed by atoms with Crippen molar-refractivity contribution in [2.24, 2.45) is 0 Å². The normalized spacial score (nSPS) is 11.3. The first kappa shape index (κ1) is 26.8. The van der Waals surface area contributed by atoms with Crippen LogP contribution in [0.2, 0.25) is 0 Å². The van der Waals surface area contributed by atoms with Gasteiger partial charge >= 0.3 is 0 Å². The average Bonchev–Trinajstić information content (AvgIpc) is 3.03. The van der Waals surface area contributed by atoms with E-state index in [4.69, 9.17) is 4.74 Å². The van der Waals surface area contributed by atoms with Gasteiger partial charge in [0.1, 0.15) is 11.5 Å². The molecule has 0 N–H and O–H groups in total. The van der Waals surface area contributed by atoms with E-state index < -0.39 is 0 Å². The molecule has 41 heavy (non-hydrogen) atoms. The summed E-state index contributed by atoms with van der Waals surface area (Å²) in [5, 5.41) is 4.74. The Bertz CT molecular complexity index is 1630. The number of unbranched alkanes of at least 4 members (excludes halogenated alkanes) is 2. The SMILES string of the molecule is CCCCc1cc2ccccc2c(Oc2c(-c3ccccc3)c(CCCC)cc3ccccc23)c1-c1ccccc1. The number of hydrogen-bond donors (Lipinski definition) is 0. The third kappa shape index (κ3) is 5.50. The largest absolute Gasteiger partial charge is 0.455 e. The molecule has 0 heterocycles. The summed E-state index contributed by atoms with van der Waals surface area (Å²) in [6, 6.07) is 43.8. The van der Waals surface area contributed by atoms with Crippen molar-refractivity contribution in [2.45, 2.75) is 52.4 Å². The van der Waals surface area contributed by atoms with Gasteiger partial charge in [0.05, 0.1) is 0 Å². The first-order chi connectivity index (χ1) is 20.3. The standard InChI is InChI=1S/C40H38O/c1-3-5-17-33-27-31-23-13-15-25-35(31)39(37(33)29-19-9-7-10-20-29)41-40-36-26-16-14-24-32(36)28-34(18-6-4-2)38(40)30-21-11-8-12-22-30/h7-16,19-28H,3-6,17-18H2,1-2H3. The Morgan fingerprint density at radius 3 is 1.27 bits per heavy atom. The van der Waals surface area contributed by atoms with Crippen LogP contribution in [0, 0.1) is 0 Å². The summed E-state index contributed by atoms with van der Waals surface area (Å²) in [5.74, 6) is 1.91. The van der Waals surface area contributed by atoms with Crippen LogP contribution in [0.25, 0.3) is 43.8 Å². The molecule has 0 aliphatic rings. The third-order valence-electron chi connectivity index (χ3n) is 8.10. The van der Waals surface area contributed by atoms with E-state index in [1.54, 1.807) is 0 Å². The predicted molar refractivity (Wildman–Crippen MR) is 176 cm³/mol. The summed E-state index contributed by atoms with van der Waals surface area (Å²) < 4.78 is 7.42. The van der Waals surface area contributed by atoms with Crippen molar-refractivity contribution in [3.8, 4) is 33.8 Å². The van der Waals surface area contributed by atoms with Gasteiger partial charge in [-0.1, -0.05) is 148 Å². The van der Waals surface area contributed by atoms with Gasteiger partial charge in [0.15, 0.2) is 0 Å². The zero-order valence-corrected chi connectivity index (χ0v) is 24.2. The Morgan fingerprint density at radius 1 is 0.463 bits per heavy atom. The fraction of sp³-hybridized carbons (Fsp3) is 0.200. The molecule has 0 bridgehead atoms. The monoisotopic (exact) mass is 534 g/mol. The van der Waals surface area contributed by atoms with E-state index in [-0.39, 0.29) is 0 Å². The van der Waals surface area contributed by atoms with Crippen LogP contribution in [-0.2, 0) is 12.8 Å². The topological polar surface area (TPSA) is 9.23 Å². The Hall–Kier alpha value is -4.36. The molecule has 0 spiro atoms. The van der Waals surface area contributed by atoms with E-state index in [0.717, 1.165) is 60.8 Å². The molecule has 0 aromatic heterocycles. The van der Waals surface area contributed by atoms with Crippen molar-refractivity contribution in [1.29, 1.82) is 0 Å². The van der Waals surface area contributed by atoms with Crippen LogP contribution in [0.4, 0.5) is 0 Å². The van der Waals surface area contributed by atoms with Gasteiger partial charge in [-0.25, -0.2) is 0 Å². The maximum atomic E-state index is 7.42. The number of hydrogen-bond acceptors (Lipinski definition) is 1. The van der Waals surface area contributed by atoms with Crippen LogP contribution in [-0.4, -0.2) is 0 Å². The van der Waals surface area contributed by atoms with Gasteiger partial charge in [0.2, 0.25) is 0 Å². The molecule has 0 atom stereocenters. The second kappa shape index (κ2) is 12.4. The summed E-state index contributed by atoms with van der Waals surface area (Å²) in [5.41, 5.74) is 7.51. The van der Waals surface area contributed by atoms with Crippen molar-refractivity contribution in [3.05, 3.63) is 132 Å². The summed E-state index contributed by atoms with van der Waals surface area (Å²) in [7, 11) is 0. The zero-order valence-electron chi connectivity index (χ0n) is 24.2. The third-order valence-corrected chi connectivity index (χ3v) is 8.10. The van der Waals surface area contributed by atoms with E-state index >= 15 is 0 Å². The first-order valence-corrected chi connectivity index (χ1v) is 15.2. The molecule has 1 heteroatoms. The van der Waals surface area contributed by atoms with E-state index in [1.807, 2.05) is 0 Å². The summed E-state index contributed by atoms with van der Waals surface area (Å²) >= 11 is 0. The Kier molecular flexibility index (Phi) is 8.14. The Balaban J connectivity index is 1.69. The summed E-state index contributed by atoms with van der Waals surface area (Å²) in [6.45, 7) is 4.53. The fourth-order valence-corrected chi connectivity index (χ4v) is 6.03. The van der Waals surface area contributed by atoms with Gasteiger partial charge in [0, 0.05) is 21.9 Å². The molecule has 6 aromatic carbocycles. The highest BCUT2D eigenvalue weighted by molar-refractivity contribution is 6.01. The zero-order chi connectivity index (χ0) is 28.0. The smallest absolute Gasteiger partial charge is 0.143 e. The molecular formula is C40H38O. The lowest BCUT2D eigenvalue weighted by molar-refractivity contribution is 0.496. The molecule has 204 valence electrons. The van der Waals surface area contributed by atoms with Crippen LogP contribution in [0.5, 0.6) is 11.5 Å². The van der Waals surface area contributed by atoms with Gasteiger partial charge in [-0.15, -0.1) is 0 Å². The summed E-state index contributed by atoms with van der Waals surface area (Å²) in [4.78, 5) is 0. The molecule has 0 saturated heterocycles. The van der Waals surface area contributed by atoms with E-state index in [0.29, 0.717) is 0 Å². The minimum Gasteiger partial charge on any atom is -0.455 e. The molecule has 0 fully saturated rings. The molecule has 0 amide bonds. The maximum Gasteiger partial charge on any atom is 0.143 e. The van der Waals surface area contributed by atoms with Crippen LogP contribution in [0.15, 0.2) is 121 Å². The van der Waals surface area contributed by atoms with Crippen molar-refractivity contribution < 1.29 is 4.74 Å². The molecule has 0 unspecified atom stereocenters. The van der Waals surface area contributed by atoms with Crippen LogP contribution in [0.3, 0.4) is 0 Å². The summed E-state index contributed by atoms with van der Waals surface area (Å²) in [6.07, 6.45) is 6.62. The number of ether oxygens (including phenoxy) is 1. The second-order valence-electron chi connectivity index (χ2n) is 11.0. The van der Waals surface area contributed by atoms with Crippen molar-refractivity contribution in [2.75, 3.05) is 0 Å². The number of rotatable bonds is 10. The number of aryl methyl sites for hydroxylation is 2. The second-order valence-corrected chi connectivity index (χ2v) is 11.0. The van der Waals surface area contributed by atoms with Crippen LogP contribution in [0.1, 0.15) is 50.7 Å². The average molecular weight is 535 g/mol. The molecule has 0 aliphatic carbocycles. The first-order valence-electron chi connectivity index (χ1n) is 15.2. The Morgan fingerprint density at radius 2 is 0.854 bits per heavy atom. The lowest BCUT2D eigenvalue weighted by Crippen LogP contribution is -2.00. The molecule has 6 rings (SSSR count). The molecule has 6 aromatic rings. The lowest BCUT2D eigenvalue weighted by Gasteiger charge is -2.23. The van der Waals surface area contributed by atoms with E-state index in [2.05, 4.69) is 135 Å². The number of benzene rings is 6. The highest BCUT2D eigenvalue weighted by Crippen LogP contribution is 2.48. The lowest BCUT2D eigenvalue weighted by atomic mass is 9.90. The van der Waals surface area contributed by atoms with Gasteiger partial charge in [0.25, 0.3) is 0 Å². The van der Waals surface area contributed by atoms with Gasteiger partial charge in [-0.2, -0.15) is 0 Å². The Labute approximate surface area is 244 Å². The van der Waals surface area contributed by atoms with E-state index in [1.165, 1.54) is 44.2 Å². The predicted octanol–water partition coefficient (Wildman–Crippen LogP) is 11.8. The van der Waals surface area contributed by atoms with Crippen molar-refractivity contribution in [1.82, 2.24) is 0 Å². The quantitative estimate of drug-likeness (QED) is 0.170. The fourth-order valence-electron chi connectivity index (χ4n) is 6.03. The molecule has 0 aliphatic heterocycles. The van der Waals surface area contributed by atoms with Gasteiger partial charge in [-0.05, 0) is 58.7 Å². The molecule has 0 saturated carbocycles. The van der Waals surface area contributed by atoms with Gasteiger partial charge in [-0.3, -0.25) is 0 Å². The molecular weight excluding hydrogens is 496 g/mol. The molecule has 1 nitrogen and oxygen atoms in total. The van der Waals surface area contributed by atoms with Crippen molar-refractivity contribution in [3.63, 3.8) is 0 Å². The maximum absolute atomic E-state index is 7.42. The minimum atomic E-state index is 0.954.